The number of hydrogen-bond acceptors (Lipinski definition) is 6. The third-order valence-corrected chi connectivity index (χ3v) is 9.22. The molecule has 3 atom stereocenters. The molecular formula is C30H35ClFN3O5. The first kappa shape index (κ1) is 27.3. The van der Waals surface area contributed by atoms with E-state index in [0.717, 1.165) is 49.2 Å². The number of halogens is 2. The summed E-state index contributed by atoms with van der Waals surface area (Å²) in [7, 11) is 0. The number of carboxylic acid groups (broad SMARTS) is 1. The number of rotatable bonds is 5. The van der Waals surface area contributed by atoms with Gasteiger partial charge >= 0.3 is 5.97 Å². The van der Waals surface area contributed by atoms with Crippen molar-refractivity contribution in [3.8, 4) is 5.75 Å². The molecule has 1 amide bonds. The number of aryl methyl sites for hydroxylation is 1. The van der Waals surface area contributed by atoms with Gasteiger partial charge in [0.15, 0.2) is 6.73 Å². The number of piperazine rings is 1. The Morgan fingerprint density at radius 1 is 1.15 bits per heavy atom. The van der Waals surface area contributed by atoms with Gasteiger partial charge in [-0.3, -0.25) is 9.69 Å². The molecule has 3 fully saturated rings. The third kappa shape index (κ3) is 4.92. The summed E-state index contributed by atoms with van der Waals surface area (Å²) in [6.45, 7) is 7.47. The Morgan fingerprint density at radius 2 is 1.95 bits per heavy atom. The Hall–Kier alpha value is -2.88. The Balaban J connectivity index is 1.10. The van der Waals surface area contributed by atoms with Crippen molar-refractivity contribution in [2.45, 2.75) is 63.8 Å². The molecule has 0 bridgehead atoms. The molecule has 2 aromatic carbocycles. The summed E-state index contributed by atoms with van der Waals surface area (Å²) in [5, 5.41) is 9.96. The van der Waals surface area contributed by atoms with Crippen LogP contribution in [0.25, 0.3) is 0 Å². The molecule has 0 radical (unpaired) electrons. The molecule has 1 saturated carbocycles. The first-order valence-electron chi connectivity index (χ1n) is 14.0. The van der Waals surface area contributed by atoms with Gasteiger partial charge in [-0.1, -0.05) is 11.6 Å². The lowest BCUT2D eigenvalue weighted by molar-refractivity contribution is -0.180. The minimum absolute atomic E-state index is 0.0143. The molecule has 2 aromatic rings. The van der Waals surface area contributed by atoms with E-state index in [1.165, 1.54) is 12.1 Å². The number of carbonyl (C=O) groups is 2. The summed E-state index contributed by atoms with van der Waals surface area (Å²) in [5.74, 6) is -0.930. The van der Waals surface area contributed by atoms with Crippen LogP contribution in [-0.2, 0) is 16.1 Å². The fourth-order valence-electron chi connectivity index (χ4n) is 6.76. The highest BCUT2D eigenvalue weighted by Crippen LogP contribution is 2.48. The summed E-state index contributed by atoms with van der Waals surface area (Å²) in [5.41, 5.74) is 1.49. The Labute approximate surface area is 238 Å². The predicted octanol–water partition coefficient (Wildman–Crippen LogP) is 4.70. The zero-order valence-electron chi connectivity index (χ0n) is 22.9. The minimum atomic E-state index is -1.27. The zero-order valence-corrected chi connectivity index (χ0v) is 23.6. The molecule has 0 spiro atoms. The highest BCUT2D eigenvalue weighted by molar-refractivity contribution is 6.30. The summed E-state index contributed by atoms with van der Waals surface area (Å²) in [4.78, 5) is 31.7. The highest BCUT2D eigenvalue weighted by Gasteiger charge is 2.56. The number of benzene rings is 2. The fourth-order valence-corrected chi connectivity index (χ4v) is 7.05. The number of ether oxygens (including phenoxy) is 2. The van der Waals surface area contributed by atoms with Gasteiger partial charge in [-0.15, -0.1) is 0 Å². The maximum absolute atomic E-state index is 14.0. The first-order valence-corrected chi connectivity index (χ1v) is 14.4. The number of hydrogen-bond donors (Lipinski definition) is 1. The molecule has 8 nitrogen and oxygen atoms in total. The van der Waals surface area contributed by atoms with Crippen LogP contribution in [0.2, 0.25) is 5.02 Å². The van der Waals surface area contributed by atoms with Crippen molar-refractivity contribution in [3.05, 3.63) is 57.9 Å². The van der Waals surface area contributed by atoms with E-state index < -0.39 is 17.4 Å². The molecule has 6 rings (SSSR count). The van der Waals surface area contributed by atoms with E-state index in [0.29, 0.717) is 36.8 Å². The van der Waals surface area contributed by atoms with Crippen LogP contribution in [0.4, 0.5) is 10.1 Å². The molecule has 40 heavy (non-hydrogen) atoms. The number of anilines is 1. The molecule has 2 saturated heterocycles. The second-order valence-corrected chi connectivity index (χ2v) is 12.1. The van der Waals surface area contributed by atoms with Gasteiger partial charge in [-0.25, -0.2) is 9.18 Å². The topological polar surface area (TPSA) is 82.6 Å². The SMILES string of the molecule is Cc1cc(Cl)cc2c1OCN(C(=O)[C@@]1(C3CC3)CC[C@@H](N3CCN(c4ccc(F)c(C(=O)O)c4)[C@@H](C)C3)CO1)C2. The van der Waals surface area contributed by atoms with E-state index in [9.17, 15) is 19.1 Å². The summed E-state index contributed by atoms with van der Waals surface area (Å²) >= 11 is 6.29. The van der Waals surface area contributed by atoms with Crippen molar-refractivity contribution in [1.82, 2.24) is 9.80 Å². The Kier molecular flexibility index (Phi) is 7.17. The standard InChI is InChI=1S/C30H35ClFN3O5/c1-18-11-22(31)12-20-15-34(17-39-27(18)20)29(38)30(21-3-4-21)8-7-24(16-40-30)33-9-10-35(19(2)14-33)23-5-6-26(32)25(13-23)28(36)37/h5-6,11-13,19,21,24H,3-4,7-10,14-17H2,1-2H3,(H,36,37)/t19-,24+,30-/m0/s1. The lowest BCUT2D eigenvalue weighted by Crippen LogP contribution is -2.61. The van der Waals surface area contributed by atoms with E-state index in [-0.39, 0.29) is 36.2 Å². The van der Waals surface area contributed by atoms with E-state index in [1.54, 1.807) is 11.0 Å². The fraction of sp³-hybridized carbons (Fsp3) is 0.533. The van der Waals surface area contributed by atoms with Crippen molar-refractivity contribution in [2.24, 2.45) is 5.92 Å². The van der Waals surface area contributed by atoms with Gasteiger partial charge in [-0.2, -0.15) is 0 Å². The normalized spacial score (nSPS) is 27.2. The van der Waals surface area contributed by atoms with Gasteiger partial charge < -0.3 is 24.4 Å². The monoisotopic (exact) mass is 571 g/mol. The van der Waals surface area contributed by atoms with Gasteiger partial charge in [0.2, 0.25) is 0 Å². The van der Waals surface area contributed by atoms with Crippen molar-refractivity contribution >= 4 is 29.2 Å². The maximum Gasteiger partial charge on any atom is 0.338 e. The van der Waals surface area contributed by atoms with Crippen LogP contribution >= 0.6 is 11.6 Å². The van der Waals surface area contributed by atoms with Crippen LogP contribution in [0.1, 0.15) is 54.1 Å². The lowest BCUT2D eigenvalue weighted by atomic mass is 9.85. The number of amides is 1. The Bertz CT molecular complexity index is 1330. The smallest absolute Gasteiger partial charge is 0.338 e. The average molecular weight is 572 g/mol. The van der Waals surface area contributed by atoms with Crippen LogP contribution in [-0.4, -0.2) is 77.4 Å². The molecule has 0 unspecified atom stereocenters. The summed E-state index contributed by atoms with van der Waals surface area (Å²) in [6, 6.07) is 8.35. The highest BCUT2D eigenvalue weighted by atomic mass is 35.5. The molecule has 0 aromatic heterocycles. The molecular weight excluding hydrogens is 537 g/mol. The van der Waals surface area contributed by atoms with Gasteiger partial charge in [-0.05, 0) is 81.3 Å². The molecule has 4 aliphatic rings. The van der Waals surface area contributed by atoms with Crippen molar-refractivity contribution in [1.29, 1.82) is 0 Å². The molecule has 3 aliphatic heterocycles. The molecule has 1 aliphatic carbocycles. The number of carbonyl (C=O) groups excluding carboxylic acids is 1. The first-order chi connectivity index (χ1) is 19.2. The summed E-state index contributed by atoms with van der Waals surface area (Å²) in [6.07, 6.45) is 3.54. The number of aromatic carboxylic acids is 1. The zero-order chi connectivity index (χ0) is 28.2. The van der Waals surface area contributed by atoms with Crippen LogP contribution in [0.3, 0.4) is 0 Å². The Morgan fingerprint density at radius 3 is 2.62 bits per heavy atom. The lowest BCUT2D eigenvalue weighted by Gasteiger charge is -2.48. The quantitative estimate of drug-likeness (QED) is 0.557. The number of carboxylic acids is 1. The number of nitrogens with zero attached hydrogens (tertiary/aromatic N) is 3. The second-order valence-electron chi connectivity index (χ2n) is 11.7. The molecule has 1 N–H and O–H groups in total. The minimum Gasteiger partial charge on any atom is -0.478 e. The van der Waals surface area contributed by atoms with Gasteiger partial charge in [0.1, 0.15) is 17.2 Å². The van der Waals surface area contributed by atoms with Crippen molar-refractivity contribution in [3.63, 3.8) is 0 Å². The van der Waals surface area contributed by atoms with E-state index in [1.807, 2.05) is 19.1 Å². The molecule has 10 heteroatoms. The third-order valence-electron chi connectivity index (χ3n) is 9.00. The molecule has 3 heterocycles. The maximum atomic E-state index is 14.0. The second kappa shape index (κ2) is 10.5. The van der Waals surface area contributed by atoms with Crippen LogP contribution < -0.4 is 9.64 Å². The van der Waals surface area contributed by atoms with E-state index in [2.05, 4.69) is 16.7 Å². The van der Waals surface area contributed by atoms with Crippen molar-refractivity contribution < 1.29 is 28.6 Å². The van der Waals surface area contributed by atoms with Gasteiger partial charge in [0.25, 0.3) is 5.91 Å². The van der Waals surface area contributed by atoms with Gasteiger partial charge in [0, 0.05) is 48.0 Å². The predicted molar refractivity (Wildman–Crippen MR) is 148 cm³/mol. The largest absolute Gasteiger partial charge is 0.478 e. The van der Waals surface area contributed by atoms with Gasteiger partial charge in [0.05, 0.1) is 18.7 Å². The summed E-state index contributed by atoms with van der Waals surface area (Å²) < 4.78 is 26.5. The van der Waals surface area contributed by atoms with Crippen LogP contribution in [0, 0.1) is 18.7 Å². The van der Waals surface area contributed by atoms with Crippen LogP contribution in [0.15, 0.2) is 30.3 Å². The van der Waals surface area contributed by atoms with E-state index >= 15 is 0 Å². The van der Waals surface area contributed by atoms with Crippen molar-refractivity contribution in [2.75, 3.05) is 37.9 Å². The molecule has 214 valence electrons. The number of fused-ring (bicyclic) bond motifs is 1. The van der Waals surface area contributed by atoms with Crippen LogP contribution in [0.5, 0.6) is 5.75 Å². The van der Waals surface area contributed by atoms with E-state index in [4.69, 9.17) is 21.1 Å². The average Bonchev–Trinajstić information content (AvgIpc) is 3.79.